The average molecular weight is 691 g/mol. The normalized spacial score (nSPS) is 17.1. The molecule has 1 heterocycles. The van der Waals surface area contributed by atoms with Gasteiger partial charge in [-0.25, -0.2) is 4.79 Å². The van der Waals surface area contributed by atoms with Crippen LogP contribution in [-0.2, 0) is 23.9 Å². The number of para-hydroxylation sites is 1. The number of aliphatic hydroxyl groups excluding tert-OH is 1. The van der Waals surface area contributed by atoms with E-state index in [1.165, 1.54) is 12.1 Å². The van der Waals surface area contributed by atoms with Gasteiger partial charge in [0.25, 0.3) is 0 Å². The van der Waals surface area contributed by atoms with Crippen molar-refractivity contribution in [2.75, 3.05) is 37.4 Å². The smallest absolute Gasteiger partial charge is 0.416 e. The highest BCUT2D eigenvalue weighted by Crippen LogP contribution is 2.31. The zero-order valence-electron chi connectivity index (χ0n) is 28.1. The Morgan fingerprint density at radius 3 is 2.28 bits per heavy atom. The van der Waals surface area contributed by atoms with Crippen LogP contribution in [0.3, 0.4) is 0 Å². The summed E-state index contributed by atoms with van der Waals surface area (Å²) in [6, 6.07) is 25.5. The van der Waals surface area contributed by atoms with E-state index in [1.807, 2.05) is 68.6 Å². The molecule has 0 aromatic heterocycles. The van der Waals surface area contributed by atoms with E-state index < -0.39 is 23.8 Å². The summed E-state index contributed by atoms with van der Waals surface area (Å²) in [5.74, 6) is 1.70. The number of aliphatic hydroxyl groups is 1. The van der Waals surface area contributed by atoms with E-state index in [4.69, 9.17) is 9.47 Å². The Morgan fingerprint density at radius 1 is 0.980 bits per heavy atom. The van der Waals surface area contributed by atoms with Crippen molar-refractivity contribution in [3.8, 4) is 17.2 Å². The monoisotopic (exact) mass is 690 g/mol. The molecule has 0 bridgehead atoms. The number of nitrogens with zero attached hydrogens (tertiary/aromatic N) is 2. The van der Waals surface area contributed by atoms with Crippen molar-refractivity contribution in [3.63, 3.8) is 0 Å². The number of hydrogen-bond donors (Lipinski definition) is 3. The molecule has 1 aliphatic rings. The lowest BCUT2D eigenvalue weighted by Crippen LogP contribution is -2.47. The van der Waals surface area contributed by atoms with Crippen LogP contribution in [0.1, 0.15) is 30.5 Å². The SMILES string of the molecule is C[C@@H]1CN([C@@H](C)CO)C(=O)Cc2cc(NC(=O)Nc3ccc(C(F)(F)F)cc3)ccc2O[C@H]1CN(C)Cc1ccc(Oc2ccccc2)cc1. The lowest BCUT2D eigenvalue weighted by Gasteiger charge is -2.34. The second-order valence-corrected chi connectivity index (χ2v) is 12.6. The fraction of sp³-hybridized carbons (Fsp3) is 0.316. The van der Waals surface area contributed by atoms with E-state index in [1.54, 1.807) is 30.0 Å². The number of anilines is 2. The van der Waals surface area contributed by atoms with Gasteiger partial charge in [-0.05, 0) is 86.3 Å². The van der Waals surface area contributed by atoms with Gasteiger partial charge < -0.3 is 30.1 Å². The standard InChI is InChI=1S/C38H41F3N4O5/c1-25-21-45(26(2)24-46)36(47)20-28-19-31(43-37(48)42-30-13-11-29(12-14-30)38(39,40)41)15-18-34(28)50-35(25)23-44(3)22-27-9-16-33(17-10-27)49-32-7-5-4-6-8-32/h4-19,25-26,35,46H,20-24H2,1-3H3,(H2,42,43,48)/t25-,26+,35+/m1/s1. The third-order valence-corrected chi connectivity index (χ3v) is 8.49. The van der Waals surface area contributed by atoms with E-state index in [-0.39, 0.29) is 36.6 Å². The molecule has 3 N–H and O–H groups in total. The van der Waals surface area contributed by atoms with Gasteiger partial charge in [-0.2, -0.15) is 13.2 Å². The van der Waals surface area contributed by atoms with Crippen LogP contribution in [0.15, 0.2) is 97.1 Å². The number of fused-ring (bicyclic) bond motifs is 1. The van der Waals surface area contributed by atoms with Crippen molar-refractivity contribution in [2.24, 2.45) is 5.92 Å². The quantitative estimate of drug-likeness (QED) is 0.160. The molecule has 0 fully saturated rings. The molecule has 0 aliphatic carbocycles. The van der Waals surface area contributed by atoms with Crippen LogP contribution in [0.25, 0.3) is 0 Å². The number of hydrogen-bond acceptors (Lipinski definition) is 6. The van der Waals surface area contributed by atoms with Gasteiger partial charge in [0.1, 0.15) is 23.4 Å². The molecule has 0 saturated heterocycles. The maximum Gasteiger partial charge on any atom is 0.416 e. The van der Waals surface area contributed by atoms with Crippen molar-refractivity contribution < 1.29 is 37.3 Å². The molecule has 4 aromatic rings. The van der Waals surface area contributed by atoms with Gasteiger partial charge in [-0.3, -0.25) is 9.69 Å². The molecule has 4 aromatic carbocycles. The maximum atomic E-state index is 13.6. The summed E-state index contributed by atoms with van der Waals surface area (Å²) < 4.78 is 51.3. The first kappa shape index (κ1) is 36.2. The first-order chi connectivity index (χ1) is 23.9. The minimum Gasteiger partial charge on any atom is -0.488 e. The number of benzene rings is 4. The Balaban J connectivity index is 1.29. The molecule has 0 unspecified atom stereocenters. The molecule has 1 aliphatic heterocycles. The van der Waals surface area contributed by atoms with Crippen LogP contribution in [0.2, 0.25) is 0 Å². The molecule has 3 amide bonds. The molecule has 12 heteroatoms. The third kappa shape index (κ3) is 9.76. The summed E-state index contributed by atoms with van der Waals surface area (Å²) >= 11 is 0. The van der Waals surface area contributed by atoms with Gasteiger partial charge in [0.2, 0.25) is 5.91 Å². The number of carbonyl (C=O) groups excluding carboxylic acids is 2. The first-order valence-corrected chi connectivity index (χ1v) is 16.3. The van der Waals surface area contributed by atoms with E-state index in [9.17, 15) is 27.9 Å². The number of alkyl halides is 3. The number of ether oxygens (including phenoxy) is 2. The summed E-state index contributed by atoms with van der Waals surface area (Å²) in [6.07, 6.45) is -4.84. The topological polar surface area (TPSA) is 103 Å². The summed E-state index contributed by atoms with van der Waals surface area (Å²) in [5, 5.41) is 15.2. The van der Waals surface area contributed by atoms with Gasteiger partial charge in [-0.15, -0.1) is 0 Å². The van der Waals surface area contributed by atoms with Crippen LogP contribution < -0.4 is 20.1 Å². The Labute approximate surface area is 289 Å². The Morgan fingerprint density at radius 2 is 1.62 bits per heavy atom. The fourth-order valence-corrected chi connectivity index (χ4v) is 5.73. The third-order valence-electron chi connectivity index (χ3n) is 8.49. The van der Waals surface area contributed by atoms with Crippen LogP contribution in [0.5, 0.6) is 17.2 Å². The molecular formula is C38H41F3N4O5. The highest BCUT2D eigenvalue weighted by molar-refractivity contribution is 6.00. The predicted molar refractivity (Wildman–Crippen MR) is 185 cm³/mol. The number of halogens is 3. The summed E-state index contributed by atoms with van der Waals surface area (Å²) in [6.45, 7) is 5.16. The Bertz CT molecular complexity index is 1740. The van der Waals surface area contributed by atoms with Crippen molar-refractivity contribution in [1.29, 1.82) is 0 Å². The van der Waals surface area contributed by atoms with Gasteiger partial charge in [-0.1, -0.05) is 37.3 Å². The maximum absolute atomic E-state index is 13.6. The number of rotatable bonds is 10. The molecule has 0 spiro atoms. The van der Waals surface area contributed by atoms with Crippen molar-refractivity contribution >= 4 is 23.3 Å². The lowest BCUT2D eigenvalue weighted by molar-refractivity contribution is -0.137. The van der Waals surface area contributed by atoms with Gasteiger partial charge >= 0.3 is 12.2 Å². The van der Waals surface area contributed by atoms with Crippen LogP contribution in [0.4, 0.5) is 29.3 Å². The second-order valence-electron chi connectivity index (χ2n) is 12.6. The molecule has 3 atom stereocenters. The minimum atomic E-state index is -4.48. The van der Waals surface area contributed by atoms with E-state index in [0.29, 0.717) is 36.6 Å². The van der Waals surface area contributed by atoms with Crippen LogP contribution >= 0.6 is 0 Å². The molecule has 264 valence electrons. The number of carbonyl (C=O) groups is 2. The highest BCUT2D eigenvalue weighted by Gasteiger charge is 2.32. The van der Waals surface area contributed by atoms with Gasteiger partial charge in [0.05, 0.1) is 24.6 Å². The molecule has 5 rings (SSSR count). The number of likely N-dealkylation sites (N-methyl/N-ethyl adjacent to an activating group) is 1. The molecule has 9 nitrogen and oxygen atoms in total. The fourth-order valence-electron chi connectivity index (χ4n) is 5.73. The zero-order valence-corrected chi connectivity index (χ0v) is 28.1. The minimum absolute atomic E-state index is 0.0254. The van der Waals surface area contributed by atoms with Gasteiger partial charge in [0, 0.05) is 42.5 Å². The largest absolute Gasteiger partial charge is 0.488 e. The predicted octanol–water partition coefficient (Wildman–Crippen LogP) is 7.42. The summed E-state index contributed by atoms with van der Waals surface area (Å²) in [4.78, 5) is 30.1. The molecule has 50 heavy (non-hydrogen) atoms. The van der Waals surface area contributed by atoms with Crippen LogP contribution in [-0.4, -0.2) is 65.7 Å². The molecule has 0 saturated carbocycles. The Kier molecular flexibility index (Phi) is 11.7. The van der Waals surface area contributed by atoms with Crippen molar-refractivity contribution in [2.45, 2.75) is 45.1 Å². The molecular weight excluding hydrogens is 649 g/mol. The Hall–Kier alpha value is -5.07. The second kappa shape index (κ2) is 16.1. The number of amides is 3. The summed E-state index contributed by atoms with van der Waals surface area (Å²) in [7, 11) is 2.00. The van der Waals surface area contributed by atoms with E-state index >= 15 is 0 Å². The zero-order chi connectivity index (χ0) is 35.8. The number of urea groups is 1. The van der Waals surface area contributed by atoms with Crippen molar-refractivity contribution in [1.82, 2.24) is 9.80 Å². The molecule has 0 radical (unpaired) electrons. The van der Waals surface area contributed by atoms with Crippen molar-refractivity contribution in [3.05, 3.63) is 114 Å². The highest BCUT2D eigenvalue weighted by atomic mass is 19.4. The van der Waals surface area contributed by atoms with Gasteiger partial charge in [0.15, 0.2) is 0 Å². The lowest BCUT2D eigenvalue weighted by atomic mass is 10.0. The van der Waals surface area contributed by atoms with E-state index in [2.05, 4.69) is 15.5 Å². The summed E-state index contributed by atoms with van der Waals surface area (Å²) in [5.41, 5.74) is 1.36. The average Bonchev–Trinajstić information content (AvgIpc) is 3.12. The van der Waals surface area contributed by atoms with E-state index in [0.717, 1.165) is 29.2 Å². The first-order valence-electron chi connectivity index (χ1n) is 16.3. The van der Waals surface area contributed by atoms with Crippen LogP contribution in [0, 0.1) is 5.92 Å². The number of nitrogens with one attached hydrogen (secondary N) is 2.